The van der Waals surface area contributed by atoms with E-state index in [0.717, 1.165) is 51.7 Å². The van der Waals surface area contributed by atoms with Gasteiger partial charge in [0, 0.05) is 25.7 Å². The Hall–Kier alpha value is -0.770. The quantitative estimate of drug-likeness (QED) is 0.777. The van der Waals surface area contributed by atoms with Gasteiger partial charge in [0.1, 0.15) is 0 Å². The van der Waals surface area contributed by atoms with Gasteiger partial charge in [-0.1, -0.05) is 26.2 Å². The number of ether oxygens (including phenoxy) is 1. The maximum absolute atomic E-state index is 12.4. The van der Waals surface area contributed by atoms with Crippen LogP contribution in [0.2, 0.25) is 0 Å². The summed E-state index contributed by atoms with van der Waals surface area (Å²) in [6, 6.07) is 0.409. The van der Waals surface area contributed by atoms with E-state index in [4.69, 9.17) is 4.74 Å². The van der Waals surface area contributed by atoms with Gasteiger partial charge in [-0.3, -0.25) is 0 Å². The topological polar surface area (TPSA) is 43.6 Å². The maximum Gasteiger partial charge on any atom is 0.410 e. The molecule has 0 N–H and O–H groups in total. The van der Waals surface area contributed by atoms with E-state index in [1.54, 1.807) is 0 Å². The Balaban J connectivity index is 1.92. The number of hydrogen-bond acceptors (Lipinski definition) is 2. The molecule has 2 fully saturated rings. The van der Waals surface area contributed by atoms with Gasteiger partial charge in [0.25, 0.3) is 0 Å². The van der Waals surface area contributed by atoms with Crippen molar-refractivity contribution >= 4 is 6.09 Å². The maximum atomic E-state index is 12.4. The first kappa shape index (κ1) is 15.6. The van der Waals surface area contributed by atoms with Crippen LogP contribution in [-0.2, 0) is 4.74 Å². The Labute approximate surface area is 123 Å². The van der Waals surface area contributed by atoms with E-state index in [1.807, 2.05) is 11.8 Å². The summed E-state index contributed by atoms with van der Waals surface area (Å²) in [4.78, 5) is 14.4. The zero-order valence-electron chi connectivity index (χ0n) is 12.9. The normalized spacial score (nSPS) is 21.6. The first-order valence-electron chi connectivity index (χ1n) is 8.38. The molecule has 1 saturated carbocycles. The van der Waals surface area contributed by atoms with E-state index >= 15 is 0 Å². The van der Waals surface area contributed by atoms with E-state index in [2.05, 4.69) is 5.32 Å². The molecule has 0 aromatic rings. The van der Waals surface area contributed by atoms with Gasteiger partial charge in [-0.15, -0.1) is 0 Å². The molecule has 1 radical (unpaired) electrons. The molecule has 1 heterocycles. The van der Waals surface area contributed by atoms with Crippen LogP contribution in [0.1, 0.15) is 58.3 Å². The molecular weight excluding hydrogens is 252 g/mol. The van der Waals surface area contributed by atoms with Gasteiger partial charge in [-0.05, 0) is 38.0 Å². The molecule has 115 valence electrons. The number of piperidine rings is 1. The zero-order chi connectivity index (χ0) is 14.2. The zero-order valence-corrected chi connectivity index (χ0v) is 12.9. The summed E-state index contributed by atoms with van der Waals surface area (Å²) in [6.45, 7) is 5.39. The lowest BCUT2D eigenvalue weighted by Gasteiger charge is -2.36. The highest BCUT2D eigenvalue weighted by Crippen LogP contribution is 2.25. The Bertz CT molecular complexity index is 284. The number of carbonyl (C=O) groups excluding carboxylic acids is 1. The van der Waals surface area contributed by atoms with Gasteiger partial charge in [0.05, 0.1) is 6.61 Å². The highest BCUT2D eigenvalue weighted by Gasteiger charge is 2.29. The number of amides is 1. The molecule has 4 nitrogen and oxygen atoms in total. The summed E-state index contributed by atoms with van der Waals surface area (Å²) < 4.78 is 5.41. The van der Waals surface area contributed by atoms with E-state index in [0.29, 0.717) is 18.6 Å². The minimum atomic E-state index is -0.0822. The third-order valence-corrected chi connectivity index (χ3v) is 4.53. The Kier molecular flexibility index (Phi) is 6.64. The van der Waals surface area contributed by atoms with Gasteiger partial charge < -0.3 is 9.64 Å². The Morgan fingerprint density at radius 2 is 1.85 bits per heavy atom. The summed E-state index contributed by atoms with van der Waals surface area (Å²) in [7, 11) is 0. The molecule has 0 bridgehead atoms. The molecular formula is C16H29N2O2. The second-order valence-corrected chi connectivity index (χ2v) is 6.17. The number of hydrogen-bond donors (Lipinski definition) is 0. The molecule has 1 aliphatic heterocycles. The van der Waals surface area contributed by atoms with Crippen LogP contribution in [0.25, 0.3) is 0 Å². The largest absolute Gasteiger partial charge is 0.449 e. The first-order valence-corrected chi connectivity index (χ1v) is 8.38. The van der Waals surface area contributed by atoms with E-state index in [9.17, 15) is 4.79 Å². The van der Waals surface area contributed by atoms with E-state index in [1.165, 1.54) is 19.3 Å². The van der Waals surface area contributed by atoms with Crippen molar-refractivity contribution in [2.75, 3.05) is 26.2 Å². The highest BCUT2D eigenvalue weighted by molar-refractivity contribution is 5.68. The minimum absolute atomic E-state index is 0.0822. The van der Waals surface area contributed by atoms with Crippen molar-refractivity contribution in [3.63, 3.8) is 0 Å². The average Bonchev–Trinajstić information content (AvgIpc) is 2.52. The Morgan fingerprint density at radius 1 is 1.15 bits per heavy atom. The van der Waals surface area contributed by atoms with Crippen molar-refractivity contribution in [3.05, 3.63) is 0 Å². The molecule has 1 aliphatic carbocycles. The predicted octanol–water partition coefficient (Wildman–Crippen LogP) is 3.18. The lowest BCUT2D eigenvalue weighted by Crippen LogP contribution is -2.45. The molecule has 0 spiro atoms. The van der Waals surface area contributed by atoms with Crippen molar-refractivity contribution in [3.8, 4) is 0 Å². The summed E-state index contributed by atoms with van der Waals surface area (Å²) in [6.07, 6.45) is 9.19. The second-order valence-electron chi connectivity index (χ2n) is 6.17. The van der Waals surface area contributed by atoms with Crippen LogP contribution in [0, 0.1) is 5.92 Å². The summed E-state index contributed by atoms with van der Waals surface area (Å²) >= 11 is 0. The first-order chi connectivity index (χ1) is 9.81. The molecule has 1 amide bonds. The molecule has 0 aromatic carbocycles. The van der Waals surface area contributed by atoms with Gasteiger partial charge >= 0.3 is 6.09 Å². The fraction of sp³-hybridized carbons (Fsp3) is 0.938. The van der Waals surface area contributed by atoms with Gasteiger partial charge in [0.15, 0.2) is 0 Å². The third kappa shape index (κ3) is 4.65. The lowest BCUT2D eigenvalue weighted by molar-refractivity contribution is 0.0660. The molecule has 0 aromatic heterocycles. The monoisotopic (exact) mass is 281 g/mol. The van der Waals surface area contributed by atoms with Crippen LogP contribution in [0.5, 0.6) is 0 Å². The number of carbonyl (C=O) groups is 1. The third-order valence-electron chi connectivity index (χ3n) is 4.53. The lowest BCUT2D eigenvalue weighted by atomic mass is 9.92. The second kappa shape index (κ2) is 8.50. The van der Waals surface area contributed by atoms with Gasteiger partial charge in [0.2, 0.25) is 0 Å². The Morgan fingerprint density at radius 3 is 2.50 bits per heavy atom. The van der Waals surface area contributed by atoms with Crippen LogP contribution in [0.4, 0.5) is 4.79 Å². The molecule has 1 saturated heterocycles. The number of rotatable bonds is 5. The molecule has 4 heteroatoms. The van der Waals surface area contributed by atoms with Crippen molar-refractivity contribution < 1.29 is 9.53 Å². The molecule has 2 rings (SSSR count). The standard InChI is InChI=1S/C16H29N2O2/c1-2-12-20-16(19)18(15-6-4-3-5-7-15)13-14-8-10-17-11-9-14/h14-15H,2-13H2,1H3. The van der Waals surface area contributed by atoms with Crippen LogP contribution >= 0.6 is 0 Å². The smallest absolute Gasteiger partial charge is 0.410 e. The van der Waals surface area contributed by atoms with E-state index < -0.39 is 0 Å². The molecule has 0 atom stereocenters. The SMILES string of the molecule is CCCOC(=O)N(CC1CC[N]CC1)C1CCCCC1. The predicted molar refractivity (Wildman–Crippen MR) is 79.8 cm³/mol. The van der Waals surface area contributed by atoms with Crippen LogP contribution in [0.15, 0.2) is 0 Å². The summed E-state index contributed by atoms with van der Waals surface area (Å²) in [5.41, 5.74) is 0. The fourth-order valence-corrected chi connectivity index (χ4v) is 3.30. The summed E-state index contributed by atoms with van der Waals surface area (Å²) in [5, 5.41) is 4.41. The van der Waals surface area contributed by atoms with Crippen LogP contribution in [0.3, 0.4) is 0 Å². The van der Waals surface area contributed by atoms with Crippen LogP contribution < -0.4 is 5.32 Å². The fourth-order valence-electron chi connectivity index (χ4n) is 3.30. The van der Waals surface area contributed by atoms with Crippen molar-refractivity contribution in [2.45, 2.75) is 64.3 Å². The van der Waals surface area contributed by atoms with Crippen molar-refractivity contribution in [1.29, 1.82) is 0 Å². The van der Waals surface area contributed by atoms with E-state index in [-0.39, 0.29) is 6.09 Å². The van der Waals surface area contributed by atoms with Crippen LogP contribution in [-0.4, -0.2) is 43.3 Å². The molecule has 2 aliphatic rings. The molecule has 20 heavy (non-hydrogen) atoms. The van der Waals surface area contributed by atoms with Crippen molar-refractivity contribution in [2.24, 2.45) is 5.92 Å². The number of nitrogens with zero attached hydrogens (tertiary/aromatic N) is 2. The molecule has 0 unspecified atom stereocenters. The minimum Gasteiger partial charge on any atom is -0.449 e. The van der Waals surface area contributed by atoms with Gasteiger partial charge in [-0.2, -0.15) is 0 Å². The highest BCUT2D eigenvalue weighted by atomic mass is 16.6. The van der Waals surface area contributed by atoms with Gasteiger partial charge in [-0.25, -0.2) is 10.1 Å². The van der Waals surface area contributed by atoms with Crippen molar-refractivity contribution in [1.82, 2.24) is 10.2 Å². The average molecular weight is 281 g/mol. The summed E-state index contributed by atoms with van der Waals surface area (Å²) in [5.74, 6) is 0.614.